The molecule has 1 atom stereocenters. The first-order chi connectivity index (χ1) is 8.39. The summed E-state index contributed by atoms with van der Waals surface area (Å²) in [5, 5.41) is 3.36. The molecule has 4 nitrogen and oxygen atoms in total. The second-order valence-electron chi connectivity index (χ2n) is 5.38. The van der Waals surface area contributed by atoms with E-state index in [1.54, 1.807) is 0 Å². The van der Waals surface area contributed by atoms with Crippen LogP contribution in [0.4, 0.5) is 0 Å². The van der Waals surface area contributed by atoms with Gasteiger partial charge in [0.2, 0.25) is 0 Å². The summed E-state index contributed by atoms with van der Waals surface area (Å²) in [6.07, 6.45) is 0.790. The minimum absolute atomic E-state index is 0.171. The highest BCUT2D eigenvalue weighted by molar-refractivity contribution is 5.80. The van der Waals surface area contributed by atoms with Crippen molar-refractivity contribution in [2.45, 2.75) is 46.6 Å². The minimum Gasteiger partial charge on any atom is -0.468 e. The number of ether oxygens (including phenoxy) is 1. The molecule has 0 saturated carbocycles. The van der Waals surface area contributed by atoms with E-state index in [1.165, 1.54) is 7.11 Å². The zero-order chi connectivity index (χ0) is 14.2. The summed E-state index contributed by atoms with van der Waals surface area (Å²) in [6.45, 7) is 14.3. The monoisotopic (exact) mass is 258 g/mol. The lowest BCUT2D eigenvalue weighted by atomic mass is 9.90. The molecule has 0 aromatic rings. The molecular formula is C14H30N2O2. The van der Waals surface area contributed by atoms with E-state index < -0.39 is 5.54 Å². The fourth-order valence-electron chi connectivity index (χ4n) is 2.30. The molecule has 18 heavy (non-hydrogen) atoms. The number of rotatable bonds is 9. The molecule has 0 heterocycles. The molecule has 0 aromatic carbocycles. The molecule has 0 rings (SSSR count). The van der Waals surface area contributed by atoms with Crippen molar-refractivity contribution in [3.05, 3.63) is 0 Å². The fraction of sp³-hybridized carbons (Fsp3) is 0.929. The number of carbonyl (C=O) groups excluding carboxylic acids is 1. The van der Waals surface area contributed by atoms with Crippen LogP contribution in [0.1, 0.15) is 41.0 Å². The van der Waals surface area contributed by atoms with Crippen LogP contribution in [-0.4, -0.2) is 49.7 Å². The summed E-state index contributed by atoms with van der Waals surface area (Å²) in [4.78, 5) is 14.2. The lowest BCUT2D eigenvalue weighted by Crippen LogP contribution is -2.53. The summed E-state index contributed by atoms with van der Waals surface area (Å²) in [7, 11) is 1.45. The van der Waals surface area contributed by atoms with E-state index in [1.807, 2.05) is 6.92 Å². The molecule has 0 aromatic heterocycles. The van der Waals surface area contributed by atoms with Gasteiger partial charge in [-0.2, -0.15) is 0 Å². The molecule has 0 saturated heterocycles. The Morgan fingerprint density at radius 3 is 2.28 bits per heavy atom. The molecule has 108 valence electrons. The maximum Gasteiger partial charge on any atom is 0.325 e. The van der Waals surface area contributed by atoms with Gasteiger partial charge in [-0.05, 0) is 32.4 Å². The van der Waals surface area contributed by atoms with Gasteiger partial charge in [-0.1, -0.05) is 27.7 Å². The predicted octanol–water partition coefficient (Wildman–Crippen LogP) is 1.90. The van der Waals surface area contributed by atoms with Gasteiger partial charge in [-0.15, -0.1) is 0 Å². The van der Waals surface area contributed by atoms with Gasteiger partial charge in [0.05, 0.1) is 7.11 Å². The van der Waals surface area contributed by atoms with E-state index in [4.69, 9.17) is 4.74 Å². The highest BCUT2D eigenvalue weighted by Gasteiger charge is 2.34. The zero-order valence-corrected chi connectivity index (χ0v) is 12.9. The Bertz CT molecular complexity index is 240. The molecule has 1 unspecified atom stereocenters. The number of hydrogen-bond donors (Lipinski definition) is 1. The molecule has 0 amide bonds. The second-order valence-corrected chi connectivity index (χ2v) is 5.38. The highest BCUT2D eigenvalue weighted by Crippen LogP contribution is 2.18. The Hall–Kier alpha value is -0.610. The molecule has 0 bridgehead atoms. The van der Waals surface area contributed by atoms with Crippen LogP contribution in [0.25, 0.3) is 0 Å². The van der Waals surface area contributed by atoms with Crippen molar-refractivity contribution in [2.24, 2.45) is 5.92 Å². The van der Waals surface area contributed by atoms with Crippen molar-refractivity contribution in [1.82, 2.24) is 10.2 Å². The Labute approximate surface area is 112 Å². The van der Waals surface area contributed by atoms with E-state index in [0.29, 0.717) is 5.92 Å². The molecule has 0 aliphatic rings. The normalized spacial score (nSPS) is 14.9. The van der Waals surface area contributed by atoms with Crippen LogP contribution in [0, 0.1) is 5.92 Å². The van der Waals surface area contributed by atoms with Crippen molar-refractivity contribution in [2.75, 3.05) is 33.3 Å². The Kier molecular flexibility index (Phi) is 8.20. The van der Waals surface area contributed by atoms with E-state index in [0.717, 1.165) is 32.6 Å². The molecule has 0 fully saturated rings. The predicted molar refractivity (Wildman–Crippen MR) is 75.7 cm³/mol. The van der Waals surface area contributed by atoms with Crippen molar-refractivity contribution < 1.29 is 9.53 Å². The number of hydrogen-bond acceptors (Lipinski definition) is 4. The number of carbonyl (C=O) groups is 1. The standard InChI is InChI=1S/C14H30N2O2/c1-7-16(8-2)10-9-15-14(5,11-12(3)4)13(17)18-6/h12,15H,7-11H2,1-6H3. The first-order valence-electron chi connectivity index (χ1n) is 6.95. The third kappa shape index (κ3) is 5.83. The Morgan fingerprint density at radius 2 is 1.89 bits per heavy atom. The Balaban J connectivity index is 4.38. The third-order valence-corrected chi connectivity index (χ3v) is 3.29. The van der Waals surface area contributed by atoms with Crippen LogP contribution >= 0.6 is 0 Å². The number of nitrogens with zero attached hydrogens (tertiary/aromatic N) is 1. The summed E-state index contributed by atoms with van der Waals surface area (Å²) < 4.78 is 4.91. The first-order valence-corrected chi connectivity index (χ1v) is 6.95. The van der Waals surface area contributed by atoms with Crippen LogP contribution in [-0.2, 0) is 9.53 Å². The SMILES string of the molecule is CCN(CC)CCNC(C)(CC(C)C)C(=O)OC. The van der Waals surface area contributed by atoms with Crippen molar-refractivity contribution in [3.8, 4) is 0 Å². The molecule has 0 radical (unpaired) electrons. The van der Waals surface area contributed by atoms with Gasteiger partial charge >= 0.3 is 5.97 Å². The van der Waals surface area contributed by atoms with E-state index in [2.05, 4.69) is 37.9 Å². The van der Waals surface area contributed by atoms with Gasteiger partial charge in [0.15, 0.2) is 0 Å². The second kappa shape index (κ2) is 8.48. The van der Waals surface area contributed by atoms with E-state index in [9.17, 15) is 4.79 Å². The molecule has 1 N–H and O–H groups in total. The third-order valence-electron chi connectivity index (χ3n) is 3.29. The van der Waals surface area contributed by atoms with Crippen LogP contribution in [0.3, 0.4) is 0 Å². The maximum atomic E-state index is 11.9. The zero-order valence-electron chi connectivity index (χ0n) is 12.9. The van der Waals surface area contributed by atoms with Crippen LogP contribution < -0.4 is 5.32 Å². The highest BCUT2D eigenvalue weighted by atomic mass is 16.5. The van der Waals surface area contributed by atoms with Gasteiger partial charge in [0, 0.05) is 13.1 Å². The van der Waals surface area contributed by atoms with Crippen molar-refractivity contribution in [3.63, 3.8) is 0 Å². The molecular weight excluding hydrogens is 228 g/mol. The molecule has 0 aliphatic heterocycles. The molecule has 0 spiro atoms. The lowest BCUT2D eigenvalue weighted by Gasteiger charge is -2.31. The van der Waals surface area contributed by atoms with Gasteiger partial charge in [-0.3, -0.25) is 4.79 Å². The van der Waals surface area contributed by atoms with E-state index >= 15 is 0 Å². The maximum absolute atomic E-state index is 11.9. The summed E-state index contributed by atoms with van der Waals surface area (Å²) in [6, 6.07) is 0. The van der Waals surface area contributed by atoms with Crippen LogP contribution in [0.2, 0.25) is 0 Å². The summed E-state index contributed by atoms with van der Waals surface area (Å²) in [5.74, 6) is 0.283. The van der Waals surface area contributed by atoms with Gasteiger partial charge in [0.25, 0.3) is 0 Å². The minimum atomic E-state index is -0.573. The lowest BCUT2D eigenvalue weighted by molar-refractivity contribution is -0.148. The summed E-state index contributed by atoms with van der Waals surface area (Å²) in [5.41, 5.74) is -0.573. The average molecular weight is 258 g/mol. The van der Waals surface area contributed by atoms with Gasteiger partial charge in [-0.25, -0.2) is 0 Å². The van der Waals surface area contributed by atoms with E-state index in [-0.39, 0.29) is 5.97 Å². The topological polar surface area (TPSA) is 41.6 Å². The average Bonchev–Trinajstić information content (AvgIpc) is 2.32. The van der Waals surface area contributed by atoms with Crippen molar-refractivity contribution in [1.29, 1.82) is 0 Å². The number of nitrogens with one attached hydrogen (secondary N) is 1. The smallest absolute Gasteiger partial charge is 0.325 e. The van der Waals surface area contributed by atoms with Gasteiger partial charge < -0.3 is 15.0 Å². The molecule has 4 heteroatoms. The largest absolute Gasteiger partial charge is 0.468 e. The number of likely N-dealkylation sites (N-methyl/N-ethyl adjacent to an activating group) is 1. The van der Waals surface area contributed by atoms with Crippen LogP contribution in [0.15, 0.2) is 0 Å². The van der Waals surface area contributed by atoms with Crippen LogP contribution in [0.5, 0.6) is 0 Å². The van der Waals surface area contributed by atoms with Gasteiger partial charge in [0.1, 0.15) is 5.54 Å². The number of esters is 1. The quantitative estimate of drug-likeness (QED) is 0.641. The Morgan fingerprint density at radius 1 is 1.33 bits per heavy atom. The fourth-order valence-corrected chi connectivity index (χ4v) is 2.30. The molecule has 0 aliphatic carbocycles. The summed E-state index contributed by atoms with van der Waals surface area (Å²) >= 11 is 0. The van der Waals surface area contributed by atoms with Crippen molar-refractivity contribution >= 4 is 5.97 Å². The first kappa shape index (κ1) is 17.4. The number of methoxy groups -OCH3 is 1.